The van der Waals surface area contributed by atoms with E-state index in [1.54, 1.807) is 7.05 Å². The van der Waals surface area contributed by atoms with E-state index in [9.17, 15) is 8.42 Å². The summed E-state index contributed by atoms with van der Waals surface area (Å²) in [5.41, 5.74) is 1.44. The van der Waals surface area contributed by atoms with E-state index in [0.717, 1.165) is 12.1 Å². The molecular weight excluding hydrogens is 268 g/mol. The Hall–Kier alpha value is -0.960. The molecule has 8 heteroatoms. The molecular formula is C11H20N4O3S. The molecule has 1 aromatic rings. The third-order valence-electron chi connectivity index (χ3n) is 3.23. The minimum Gasteiger partial charge on any atom is -0.381 e. The summed E-state index contributed by atoms with van der Waals surface area (Å²) in [7, 11) is -1.80. The molecule has 0 saturated carbocycles. The molecule has 108 valence electrons. The van der Waals surface area contributed by atoms with E-state index in [1.165, 1.54) is 0 Å². The van der Waals surface area contributed by atoms with Crippen LogP contribution in [0.2, 0.25) is 0 Å². The first-order chi connectivity index (χ1) is 9.04. The van der Waals surface area contributed by atoms with Gasteiger partial charge in [-0.2, -0.15) is 5.10 Å². The highest BCUT2D eigenvalue weighted by Gasteiger charge is 2.25. The number of aromatic nitrogens is 2. The van der Waals surface area contributed by atoms with Crippen LogP contribution in [0.15, 0.2) is 5.03 Å². The van der Waals surface area contributed by atoms with Gasteiger partial charge in [-0.1, -0.05) is 0 Å². The number of nitrogens with one attached hydrogen (secondary N) is 3. The quantitative estimate of drug-likeness (QED) is 0.671. The van der Waals surface area contributed by atoms with E-state index in [1.807, 2.05) is 6.92 Å². The van der Waals surface area contributed by atoms with E-state index in [-0.39, 0.29) is 10.9 Å². The van der Waals surface area contributed by atoms with Crippen molar-refractivity contribution in [2.24, 2.45) is 5.92 Å². The molecule has 1 unspecified atom stereocenters. The molecule has 1 saturated heterocycles. The minimum absolute atomic E-state index is 0.0817. The van der Waals surface area contributed by atoms with Crippen molar-refractivity contribution in [1.82, 2.24) is 20.2 Å². The fraction of sp³-hybridized carbons (Fsp3) is 0.727. The maximum absolute atomic E-state index is 12.2. The lowest BCUT2D eigenvalue weighted by Gasteiger charge is -2.10. The first-order valence-electron chi connectivity index (χ1n) is 6.30. The summed E-state index contributed by atoms with van der Waals surface area (Å²) in [6.07, 6.45) is 0.894. The van der Waals surface area contributed by atoms with Crippen molar-refractivity contribution in [3.05, 3.63) is 11.3 Å². The third kappa shape index (κ3) is 3.33. The zero-order valence-electron chi connectivity index (χ0n) is 11.2. The normalized spacial score (nSPS) is 20.0. The van der Waals surface area contributed by atoms with Gasteiger partial charge in [-0.05, 0) is 26.3 Å². The van der Waals surface area contributed by atoms with E-state index in [4.69, 9.17) is 4.74 Å². The molecule has 2 rings (SSSR count). The van der Waals surface area contributed by atoms with Crippen molar-refractivity contribution in [2.75, 3.05) is 26.8 Å². The molecule has 0 spiro atoms. The minimum atomic E-state index is -3.57. The van der Waals surface area contributed by atoms with Crippen molar-refractivity contribution in [3.63, 3.8) is 0 Å². The molecule has 0 aliphatic carbocycles. The van der Waals surface area contributed by atoms with Crippen LogP contribution >= 0.6 is 0 Å². The molecule has 1 aliphatic heterocycles. The van der Waals surface area contributed by atoms with Crippen LogP contribution in [0.4, 0.5) is 0 Å². The van der Waals surface area contributed by atoms with Crippen LogP contribution in [0.5, 0.6) is 0 Å². The van der Waals surface area contributed by atoms with Crippen molar-refractivity contribution < 1.29 is 13.2 Å². The van der Waals surface area contributed by atoms with Crippen LogP contribution in [0.3, 0.4) is 0 Å². The largest absolute Gasteiger partial charge is 0.381 e. The van der Waals surface area contributed by atoms with Crippen LogP contribution in [-0.4, -0.2) is 45.4 Å². The van der Waals surface area contributed by atoms with Crippen LogP contribution in [0.25, 0.3) is 0 Å². The molecule has 1 fully saturated rings. The fourth-order valence-corrected chi connectivity index (χ4v) is 3.38. The maximum atomic E-state index is 12.2. The average molecular weight is 288 g/mol. The lowest BCUT2D eigenvalue weighted by Crippen LogP contribution is -2.30. The number of rotatable bonds is 6. The van der Waals surface area contributed by atoms with E-state index >= 15 is 0 Å². The second kappa shape index (κ2) is 6.00. The number of aryl methyl sites for hydroxylation is 1. The zero-order valence-corrected chi connectivity index (χ0v) is 12.0. The Labute approximate surface area is 113 Å². The van der Waals surface area contributed by atoms with Crippen molar-refractivity contribution in [2.45, 2.75) is 24.9 Å². The number of sulfonamides is 1. The Balaban J connectivity index is 2.10. The van der Waals surface area contributed by atoms with Crippen molar-refractivity contribution >= 4 is 10.0 Å². The van der Waals surface area contributed by atoms with Gasteiger partial charge in [-0.15, -0.1) is 0 Å². The van der Waals surface area contributed by atoms with E-state index < -0.39 is 10.0 Å². The van der Waals surface area contributed by atoms with Gasteiger partial charge in [-0.25, -0.2) is 13.1 Å². The fourth-order valence-electron chi connectivity index (χ4n) is 2.08. The Morgan fingerprint density at radius 2 is 2.32 bits per heavy atom. The van der Waals surface area contributed by atoms with Crippen LogP contribution in [0.1, 0.15) is 17.7 Å². The van der Waals surface area contributed by atoms with E-state index in [2.05, 4.69) is 20.2 Å². The number of ether oxygens (including phenoxy) is 1. The molecule has 1 atom stereocenters. The van der Waals surface area contributed by atoms with Gasteiger partial charge in [0.15, 0.2) is 5.03 Å². The maximum Gasteiger partial charge on any atom is 0.260 e. The summed E-state index contributed by atoms with van der Waals surface area (Å²) in [5, 5.41) is 9.66. The second-order valence-electron chi connectivity index (χ2n) is 4.74. The molecule has 19 heavy (non-hydrogen) atoms. The standard InChI is InChI=1S/C11H20N4O3S/c1-8-10(6-12-2)11(15-14-8)19(16,17)13-5-9-3-4-18-7-9/h9,12-13H,3-7H2,1-2H3,(H,14,15). The number of aromatic amines is 1. The summed E-state index contributed by atoms with van der Waals surface area (Å²) < 4.78 is 32.3. The predicted octanol–water partition coefficient (Wildman–Crippen LogP) is -0.248. The van der Waals surface area contributed by atoms with Gasteiger partial charge < -0.3 is 10.1 Å². The number of nitrogens with zero attached hydrogens (tertiary/aromatic N) is 1. The smallest absolute Gasteiger partial charge is 0.260 e. The number of hydrogen-bond donors (Lipinski definition) is 3. The van der Waals surface area contributed by atoms with Crippen LogP contribution in [0, 0.1) is 12.8 Å². The average Bonchev–Trinajstić information content (AvgIpc) is 2.99. The summed E-state index contributed by atoms with van der Waals surface area (Å²) in [6.45, 7) is 3.99. The molecule has 7 nitrogen and oxygen atoms in total. The Kier molecular flexibility index (Phi) is 4.56. The first kappa shape index (κ1) is 14.4. The summed E-state index contributed by atoms with van der Waals surface area (Å²) in [4.78, 5) is 0. The van der Waals surface area contributed by atoms with Gasteiger partial charge in [0.1, 0.15) is 0 Å². The highest BCUT2D eigenvalue weighted by Crippen LogP contribution is 2.17. The topological polar surface area (TPSA) is 96.1 Å². The molecule has 1 aromatic heterocycles. The first-order valence-corrected chi connectivity index (χ1v) is 7.78. The van der Waals surface area contributed by atoms with Gasteiger partial charge in [0.2, 0.25) is 0 Å². The Bertz CT molecular complexity index is 520. The van der Waals surface area contributed by atoms with Gasteiger partial charge in [0.05, 0.1) is 6.61 Å². The molecule has 2 heterocycles. The van der Waals surface area contributed by atoms with Gasteiger partial charge in [-0.3, -0.25) is 5.10 Å². The van der Waals surface area contributed by atoms with Crippen LogP contribution in [-0.2, 0) is 21.3 Å². The highest BCUT2D eigenvalue weighted by atomic mass is 32.2. The summed E-state index contributed by atoms with van der Waals surface area (Å²) in [5.74, 6) is 0.252. The number of H-pyrrole nitrogens is 1. The SMILES string of the molecule is CNCc1c(S(=O)(=O)NCC2CCOC2)n[nH]c1C. The third-order valence-corrected chi connectivity index (χ3v) is 4.62. The van der Waals surface area contributed by atoms with Gasteiger partial charge in [0, 0.05) is 31.0 Å². The predicted molar refractivity (Wildman–Crippen MR) is 70.2 cm³/mol. The van der Waals surface area contributed by atoms with E-state index in [0.29, 0.717) is 31.9 Å². The van der Waals surface area contributed by atoms with Gasteiger partial charge >= 0.3 is 0 Å². The summed E-state index contributed by atoms with van der Waals surface area (Å²) in [6, 6.07) is 0. The monoisotopic (exact) mass is 288 g/mol. The lowest BCUT2D eigenvalue weighted by molar-refractivity contribution is 0.186. The Morgan fingerprint density at radius 3 is 2.95 bits per heavy atom. The Morgan fingerprint density at radius 1 is 1.53 bits per heavy atom. The van der Waals surface area contributed by atoms with Crippen molar-refractivity contribution in [1.29, 1.82) is 0 Å². The van der Waals surface area contributed by atoms with Crippen molar-refractivity contribution in [3.8, 4) is 0 Å². The second-order valence-corrected chi connectivity index (χ2v) is 6.43. The van der Waals surface area contributed by atoms with Crippen LogP contribution < -0.4 is 10.0 Å². The summed E-state index contributed by atoms with van der Waals surface area (Å²) >= 11 is 0. The van der Waals surface area contributed by atoms with Gasteiger partial charge in [0.25, 0.3) is 10.0 Å². The molecule has 0 bridgehead atoms. The molecule has 3 N–H and O–H groups in total. The molecule has 1 aliphatic rings. The lowest BCUT2D eigenvalue weighted by atomic mass is 10.1. The zero-order chi connectivity index (χ0) is 13.9. The highest BCUT2D eigenvalue weighted by molar-refractivity contribution is 7.89. The molecule has 0 amide bonds. The molecule has 0 radical (unpaired) electrons. The number of hydrogen-bond acceptors (Lipinski definition) is 5. The molecule has 0 aromatic carbocycles.